The minimum Gasteiger partial charge on any atom is -0.479 e. The van der Waals surface area contributed by atoms with E-state index in [1.807, 2.05) is 0 Å². The molecule has 1 aromatic heterocycles. The van der Waals surface area contributed by atoms with Crippen LogP contribution in [0.1, 0.15) is 25.2 Å². The Bertz CT molecular complexity index is 655. The van der Waals surface area contributed by atoms with Gasteiger partial charge in [0.05, 0.1) is 0 Å². The molecular weight excluding hydrogens is 270 g/mol. The molecule has 0 spiro atoms. The zero-order valence-corrected chi connectivity index (χ0v) is 10.8. The average Bonchev–Trinajstić information content (AvgIpc) is 2.81. The number of carbonyl (C=O) groups is 1. The lowest BCUT2D eigenvalue weighted by Crippen LogP contribution is -2.38. The number of hydrogen-bond acceptors (Lipinski definition) is 4. The molecule has 2 aromatic rings. The van der Waals surface area contributed by atoms with E-state index in [2.05, 4.69) is 15.5 Å². The van der Waals surface area contributed by atoms with Crippen LogP contribution in [0.25, 0.3) is 0 Å². The van der Waals surface area contributed by atoms with Crippen molar-refractivity contribution >= 4 is 5.97 Å². The second-order valence-electron chi connectivity index (χ2n) is 4.78. The molecule has 2 rings (SSSR count). The van der Waals surface area contributed by atoms with Gasteiger partial charge in [0, 0.05) is 12.5 Å². The summed E-state index contributed by atoms with van der Waals surface area (Å²) in [7, 11) is 0. The monoisotopic (exact) mass is 282 g/mol. The number of rotatable bonds is 4. The van der Waals surface area contributed by atoms with Crippen molar-refractivity contribution in [2.24, 2.45) is 0 Å². The van der Waals surface area contributed by atoms with E-state index < -0.39 is 23.1 Å². The Morgan fingerprint density at radius 2 is 2.10 bits per heavy atom. The molecule has 0 amide bonds. The molecular formula is C12H12F2N4O2. The maximum Gasteiger partial charge on any atom is 0.331 e. The molecule has 0 fully saturated rings. The maximum absolute atomic E-state index is 13.6. The average molecular weight is 282 g/mol. The zero-order chi connectivity index (χ0) is 14.9. The summed E-state index contributed by atoms with van der Waals surface area (Å²) in [6.45, 7) is 2.85. The molecule has 0 saturated heterocycles. The summed E-state index contributed by atoms with van der Waals surface area (Å²) in [5.74, 6) is -2.35. The lowest BCUT2D eigenvalue weighted by Gasteiger charge is -2.20. The van der Waals surface area contributed by atoms with E-state index >= 15 is 0 Å². The number of carboxylic acid groups (broad SMARTS) is 1. The molecule has 6 nitrogen and oxygen atoms in total. The van der Waals surface area contributed by atoms with Gasteiger partial charge < -0.3 is 5.11 Å². The van der Waals surface area contributed by atoms with Crippen LogP contribution in [-0.4, -0.2) is 31.3 Å². The van der Waals surface area contributed by atoms with Gasteiger partial charge in [-0.1, -0.05) is 6.07 Å². The Balaban J connectivity index is 2.36. The highest BCUT2D eigenvalue weighted by Crippen LogP contribution is 2.19. The molecule has 0 aliphatic heterocycles. The van der Waals surface area contributed by atoms with Gasteiger partial charge in [-0.2, -0.15) is 0 Å². The van der Waals surface area contributed by atoms with Gasteiger partial charge in [0.1, 0.15) is 11.6 Å². The second-order valence-corrected chi connectivity index (χ2v) is 4.78. The van der Waals surface area contributed by atoms with Crippen LogP contribution in [0, 0.1) is 11.6 Å². The summed E-state index contributed by atoms with van der Waals surface area (Å²) < 4.78 is 27.5. The Kier molecular flexibility index (Phi) is 3.47. The van der Waals surface area contributed by atoms with Crippen molar-refractivity contribution in [3.05, 3.63) is 41.2 Å². The van der Waals surface area contributed by atoms with Gasteiger partial charge in [0.2, 0.25) is 0 Å². The van der Waals surface area contributed by atoms with Gasteiger partial charge in [-0.3, -0.25) is 0 Å². The number of hydrogen-bond donors (Lipinski definition) is 1. The third-order valence-corrected chi connectivity index (χ3v) is 2.95. The molecule has 106 valence electrons. The van der Waals surface area contributed by atoms with Crippen LogP contribution < -0.4 is 0 Å². The Hall–Kier alpha value is -2.38. The quantitative estimate of drug-likeness (QED) is 0.915. The molecule has 1 N–H and O–H groups in total. The van der Waals surface area contributed by atoms with Gasteiger partial charge in [0.15, 0.2) is 11.4 Å². The minimum absolute atomic E-state index is 0.0319. The predicted molar refractivity (Wildman–Crippen MR) is 63.9 cm³/mol. The minimum atomic E-state index is -1.37. The van der Waals surface area contributed by atoms with E-state index in [4.69, 9.17) is 5.11 Å². The van der Waals surface area contributed by atoms with Crippen LogP contribution in [0.5, 0.6) is 0 Å². The first kappa shape index (κ1) is 14.0. The van der Waals surface area contributed by atoms with E-state index in [-0.39, 0.29) is 17.8 Å². The number of benzene rings is 1. The molecule has 1 heterocycles. The molecule has 0 unspecified atom stereocenters. The highest BCUT2D eigenvalue weighted by Gasteiger charge is 2.33. The van der Waals surface area contributed by atoms with E-state index in [1.165, 1.54) is 19.9 Å². The molecule has 0 aliphatic rings. The number of nitrogens with zero attached hydrogens (tertiary/aromatic N) is 4. The molecule has 0 saturated carbocycles. The van der Waals surface area contributed by atoms with Crippen molar-refractivity contribution in [3.63, 3.8) is 0 Å². The normalized spacial score (nSPS) is 11.6. The van der Waals surface area contributed by atoms with Crippen LogP contribution in [0.2, 0.25) is 0 Å². The second kappa shape index (κ2) is 4.95. The summed E-state index contributed by atoms with van der Waals surface area (Å²) in [5, 5.41) is 19.9. The SMILES string of the molecule is CC(C)(C(=O)O)n1nnnc1Cc1ccc(F)cc1F. The fourth-order valence-electron chi connectivity index (χ4n) is 1.68. The van der Waals surface area contributed by atoms with Gasteiger partial charge in [-0.05, 0) is 35.9 Å². The first-order valence-electron chi connectivity index (χ1n) is 5.77. The smallest absolute Gasteiger partial charge is 0.331 e. The summed E-state index contributed by atoms with van der Waals surface area (Å²) in [5.41, 5.74) is -1.18. The molecule has 20 heavy (non-hydrogen) atoms. The zero-order valence-electron chi connectivity index (χ0n) is 10.8. The van der Waals surface area contributed by atoms with Gasteiger partial charge >= 0.3 is 5.97 Å². The Morgan fingerprint density at radius 1 is 1.40 bits per heavy atom. The van der Waals surface area contributed by atoms with Crippen molar-refractivity contribution in [2.45, 2.75) is 25.8 Å². The number of halogens is 2. The largest absolute Gasteiger partial charge is 0.479 e. The molecule has 8 heteroatoms. The lowest BCUT2D eigenvalue weighted by molar-refractivity contribution is -0.146. The van der Waals surface area contributed by atoms with Crippen LogP contribution in [0.4, 0.5) is 8.78 Å². The van der Waals surface area contributed by atoms with Crippen LogP contribution >= 0.6 is 0 Å². The standard InChI is InChI=1S/C12H12F2N4O2/c1-12(2,11(19)20)18-10(15-16-17-18)5-7-3-4-8(13)6-9(7)14/h3-4,6H,5H2,1-2H3,(H,19,20). The van der Waals surface area contributed by atoms with Gasteiger partial charge in [-0.25, -0.2) is 18.3 Å². The van der Waals surface area contributed by atoms with Crippen LogP contribution in [-0.2, 0) is 16.8 Å². The maximum atomic E-state index is 13.6. The highest BCUT2D eigenvalue weighted by molar-refractivity contribution is 5.75. The van der Waals surface area contributed by atoms with Crippen molar-refractivity contribution in [1.29, 1.82) is 0 Å². The molecule has 0 aliphatic carbocycles. The first-order valence-corrected chi connectivity index (χ1v) is 5.77. The fraction of sp³-hybridized carbons (Fsp3) is 0.333. The third-order valence-electron chi connectivity index (χ3n) is 2.95. The summed E-state index contributed by atoms with van der Waals surface area (Å²) in [6.07, 6.45) is -0.0319. The predicted octanol–water partition coefficient (Wildman–Crippen LogP) is 1.36. The first-order chi connectivity index (χ1) is 9.32. The number of aliphatic carboxylic acids is 1. The summed E-state index contributed by atoms with van der Waals surface area (Å²) >= 11 is 0. The van der Waals surface area contributed by atoms with Gasteiger partial charge in [-0.15, -0.1) is 5.10 Å². The summed E-state index contributed by atoms with van der Waals surface area (Å²) in [6, 6.07) is 3.15. The van der Waals surface area contributed by atoms with E-state index in [9.17, 15) is 13.6 Å². The molecule has 0 bridgehead atoms. The van der Waals surface area contributed by atoms with E-state index in [0.717, 1.165) is 16.8 Å². The lowest BCUT2D eigenvalue weighted by atomic mass is 10.1. The number of tetrazole rings is 1. The van der Waals surface area contributed by atoms with Crippen molar-refractivity contribution in [1.82, 2.24) is 20.2 Å². The van der Waals surface area contributed by atoms with Crippen LogP contribution in [0.3, 0.4) is 0 Å². The molecule has 1 aromatic carbocycles. The van der Waals surface area contributed by atoms with Crippen molar-refractivity contribution < 1.29 is 18.7 Å². The van der Waals surface area contributed by atoms with E-state index in [1.54, 1.807) is 0 Å². The topological polar surface area (TPSA) is 80.9 Å². The van der Waals surface area contributed by atoms with E-state index in [0.29, 0.717) is 0 Å². The summed E-state index contributed by atoms with van der Waals surface area (Å²) in [4.78, 5) is 11.2. The van der Waals surface area contributed by atoms with Gasteiger partial charge in [0.25, 0.3) is 0 Å². The molecule has 0 atom stereocenters. The number of carboxylic acids is 1. The fourth-order valence-corrected chi connectivity index (χ4v) is 1.68. The third kappa shape index (κ3) is 2.49. The van der Waals surface area contributed by atoms with Crippen molar-refractivity contribution in [3.8, 4) is 0 Å². The van der Waals surface area contributed by atoms with Crippen LogP contribution in [0.15, 0.2) is 18.2 Å². The number of aromatic nitrogens is 4. The Morgan fingerprint density at radius 3 is 2.70 bits per heavy atom. The highest BCUT2D eigenvalue weighted by atomic mass is 19.1. The van der Waals surface area contributed by atoms with Crippen molar-refractivity contribution in [2.75, 3.05) is 0 Å². The molecule has 0 radical (unpaired) electrons. The Labute approximate surface area is 113 Å².